The van der Waals surface area contributed by atoms with Crippen molar-refractivity contribution in [3.8, 4) is 5.75 Å². The Labute approximate surface area is 149 Å². The van der Waals surface area contributed by atoms with Crippen molar-refractivity contribution in [2.45, 2.75) is 6.92 Å². The summed E-state index contributed by atoms with van der Waals surface area (Å²) < 4.78 is 19.8. The molecule has 0 unspecified atom stereocenters. The van der Waals surface area contributed by atoms with E-state index in [0.29, 0.717) is 15.8 Å². The Kier molecular flexibility index (Phi) is 4.97. The van der Waals surface area contributed by atoms with Crippen LogP contribution in [0.15, 0.2) is 53.4 Å². The predicted octanol–water partition coefficient (Wildman–Crippen LogP) is 4.63. The first-order valence-electron chi connectivity index (χ1n) is 7.35. The van der Waals surface area contributed by atoms with Gasteiger partial charge in [0.05, 0.1) is 17.2 Å². The average molecular weight is 359 g/mol. The zero-order valence-corrected chi connectivity index (χ0v) is 14.5. The molecule has 1 fully saturated rings. The molecular weight excluding hydrogens is 345 g/mol. The van der Waals surface area contributed by atoms with Crippen LogP contribution in [0.5, 0.6) is 5.75 Å². The molecule has 0 saturated carbocycles. The van der Waals surface area contributed by atoms with E-state index in [4.69, 9.17) is 17.0 Å². The number of para-hydroxylation sites is 1. The lowest BCUT2D eigenvalue weighted by Crippen LogP contribution is -2.28. The average Bonchev–Trinajstić information content (AvgIpc) is 2.83. The summed E-state index contributed by atoms with van der Waals surface area (Å²) in [4.78, 5) is 14.3. The van der Waals surface area contributed by atoms with Gasteiger partial charge in [0.15, 0.2) is 4.32 Å². The minimum Gasteiger partial charge on any atom is -0.494 e. The monoisotopic (exact) mass is 359 g/mol. The van der Waals surface area contributed by atoms with Crippen LogP contribution in [0.3, 0.4) is 0 Å². The number of halogens is 1. The lowest BCUT2D eigenvalue weighted by molar-refractivity contribution is -0.113. The summed E-state index contributed by atoms with van der Waals surface area (Å²) in [6.45, 7) is 2.48. The van der Waals surface area contributed by atoms with Gasteiger partial charge in [-0.25, -0.2) is 4.39 Å². The summed E-state index contributed by atoms with van der Waals surface area (Å²) >= 11 is 6.42. The number of anilines is 1. The van der Waals surface area contributed by atoms with E-state index < -0.39 is 5.82 Å². The third kappa shape index (κ3) is 3.34. The quantitative estimate of drug-likeness (QED) is 0.588. The molecule has 0 aromatic heterocycles. The van der Waals surface area contributed by atoms with Gasteiger partial charge in [-0.1, -0.05) is 48.2 Å². The van der Waals surface area contributed by atoms with Gasteiger partial charge in [-0.3, -0.25) is 9.69 Å². The number of benzene rings is 2. The largest absolute Gasteiger partial charge is 0.494 e. The maximum absolute atomic E-state index is 14.0. The third-order valence-corrected chi connectivity index (χ3v) is 4.66. The van der Waals surface area contributed by atoms with E-state index >= 15 is 0 Å². The van der Waals surface area contributed by atoms with Gasteiger partial charge in [0.1, 0.15) is 11.6 Å². The highest BCUT2D eigenvalue weighted by atomic mass is 32.2. The maximum atomic E-state index is 14.0. The molecule has 1 heterocycles. The van der Waals surface area contributed by atoms with Gasteiger partial charge in [-0.15, -0.1) is 0 Å². The summed E-state index contributed by atoms with van der Waals surface area (Å²) in [5.41, 5.74) is 1.00. The summed E-state index contributed by atoms with van der Waals surface area (Å²) in [5.74, 6) is -0.0684. The molecule has 1 aliphatic heterocycles. The molecule has 0 N–H and O–H groups in total. The second kappa shape index (κ2) is 7.15. The van der Waals surface area contributed by atoms with Gasteiger partial charge in [0, 0.05) is 0 Å². The van der Waals surface area contributed by atoms with Gasteiger partial charge in [0.2, 0.25) is 0 Å². The molecule has 122 valence electrons. The van der Waals surface area contributed by atoms with E-state index in [1.54, 1.807) is 24.3 Å². The highest BCUT2D eigenvalue weighted by molar-refractivity contribution is 8.27. The van der Waals surface area contributed by atoms with Crippen molar-refractivity contribution < 1.29 is 13.9 Å². The normalized spacial score (nSPS) is 16.1. The first-order chi connectivity index (χ1) is 11.6. The van der Waals surface area contributed by atoms with Gasteiger partial charge in [0.25, 0.3) is 5.91 Å². The van der Waals surface area contributed by atoms with Crippen molar-refractivity contribution in [2.75, 3.05) is 11.5 Å². The molecule has 2 aromatic rings. The predicted molar refractivity (Wildman–Crippen MR) is 99.7 cm³/mol. The highest BCUT2D eigenvalue weighted by Crippen LogP contribution is 2.37. The zero-order valence-electron chi connectivity index (χ0n) is 12.9. The minimum atomic E-state index is -0.478. The lowest BCUT2D eigenvalue weighted by atomic mass is 10.2. The molecule has 3 nitrogen and oxygen atoms in total. The Morgan fingerprint density at radius 2 is 2.04 bits per heavy atom. The molecule has 0 spiro atoms. The second-order valence-corrected chi connectivity index (χ2v) is 6.65. The molecule has 0 aliphatic carbocycles. The van der Waals surface area contributed by atoms with E-state index in [1.807, 2.05) is 31.2 Å². The Hall–Kier alpha value is -2.18. The Bertz CT molecular complexity index is 835. The number of thioether (sulfide) groups is 1. The molecule has 1 aliphatic rings. The molecular formula is C18H14FNO2S2. The van der Waals surface area contributed by atoms with E-state index in [2.05, 4.69) is 0 Å². The Morgan fingerprint density at radius 1 is 1.25 bits per heavy atom. The van der Waals surface area contributed by atoms with Crippen LogP contribution in [-0.4, -0.2) is 16.8 Å². The molecule has 0 atom stereocenters. The van der Waals surface area contributed by atoms with E-state index in [1.165, 1.54) is 11.0 Å². The third-order valence-electron chi connectivity index (χ3n) is 3.35. The van der Waals surface area contributed by atoms with Crippen molar-refractivity contribution in [1.82, 2.24) is 0 Å². The van der Waals surface area contributed by atoms with Crippen LogP contribution in [0.4, 0.5) is 10.1 Å². The molecule has 0 radical (unpaired) electrons. The standard InChI is InChI=1S/C18H14FNO2S2/c1-2-22-13-7-5-6-12(10-13)11-16-17(21)20(18(23)24-16)15-9-4-3-8-14(15)19/h3-11H,2H2,1H3/b16-11+. The van der Waals surface area contributed by atoms with Crippen molar-refractivity contribution in [2.24, 2.45) is 0 Å². The van der Waals surface area contributed by atoms with Crippen LogP contribution in [0.2, 0.25) is 0 Å². The number of hydrogen-bond donors (Lipinski definition) is 0. The summed E-state index contributed by atoms with van der Waals surface area (Å²) in [6, 6.07) is 13.5. The smallest absolute Gasteiger partial charge is 0.270 e. The van der Waals surface area contributed by atoms with Gasteiger partial charge < -0.3 is 4.74 Å². The number of carbonyl (C=O) groups is 1. The van der Waals surface area contributed by atoms with Gasteiger partial charge in [-0.2, -0.15) is 0 Å². The fraction of sp³-hybridized carbons (Fsp3) is 0.111. The van der Waals surface area contributed by atoms with E-state index in [9.17, 15) is 9.18 Å². The first kappa shape index (κ1) is 16.7. The van der Waals surface area contributed by atoms with E-state index in [0.717, 1.165) is 23.1 Å². The molecule has 0 bridgehead atoms. The topological polar surface area (TPSA) is 29.5 Å². The highest BCUT2D eigenvalue weighted by Gasteiger charge is 2.34. The number of hydrogen-bond acceptors (Lipinski definition) is 4. The Balaban J connectivity index is 1.91. The number of nitrogens with zero attached hydrogens (tertiary/aromatic N) is 1. The van der Waals surface area contributed by atoms with Crippen LogP contribution in [-0.2, 0) is 4.79 Å². The number of thiocarbonyl (C=S) groups is 1. The zero-order chi connectivity index (χ0) is 17.1. The van der Waals surface area contributed by atoms with Crippen molar-refractivity contribution >= 4 is 46.0 Å². The van der Waals surface area contributed by atoms with Gasteiger partial charge >= 0.3 is 0 Å². The van der Waals surface area contributed by atoms with Crippen LogP contribution in [0.25, 0.3) is 6.08 Å². The fourth-order valence-corrected chi connectivity index (χ4v) is 3.61. The molecule has 1 amide bonds. The number of amides is 1. The minimum absolute atomic E-state index is 0.173. The number of ether oxygens (including phenoxy) is 1. The molecule has 1 saturated heterocycles. The van der Waals surface area contributed by atoms with Gasteiger partial charge in [-0.05, 0) is 42.8 Å². The van der Waals surface area contributed by atoms with Crippen LogP contribution in [0.1, 0.15) is 12.5 Å². The van der Waals surface area contributed by atoms with Crippen molar-refractivity contribution in [3.05, 3.63) is 64.8 Å². The van der Waals surface area contributed by atoms with E-state index in [-0.39, 0.29) is 11.6 Å². The molecule has 6 heteroatoms. The van der Waals surface area contributed by atoms with Crippen molar-refractivity contribution in [3.63, 3.8) is 0 Å². The summed E-state index contributed by atoms with van der Waals surface area (Å²) in [6.07, 6.45) is 1.74. The molecule has 24 heavy (non-hydrogen) atoms. The maximum Gasteiger partial charge on any atom is 0.270 e. The van der Waals surface area contributed by atoms with Crippen LogP contribution >= 0.6 is 24.0 Å². The van der Waals surface area contributed by atoms with Crippen LogP contribution in [0, 0.1) is 5.82 Å². The SMILES string of the molecule is CCOc1cccc(/C=C2/SC(=S)N(c3ccccc3F)C2=O)c1. The number of rotatable bonds is 4. The van der Waals surface area contributed by atoms with Crippen LogP contribution < -0.4 is 9.64 Å². The Morgan fingerprint density at radius 3 is 2.79 bits per heavy atom. The molecule has 3 rings (SSSR count). The number of carbonyl (C=O) groups excluding carboxylic acids is 1. The second-order valence-electron chi connectivity index (χ2n) is 4.97. The lowest BCUT2D eigenvalue weighted by Gasteiger charge is -2.14. The fourth-order valence-electron chi connectivity index (χ4n) is 2.32. The molecule has 2 aromatic carbocycles. The summed E-state index contributed by atoms with van der Waals surface area (Å²) in [7, 11) is 0. The van der Waals surface area contributed by atoms with Crippen molar-refractivity contribution in [1.29, 1.82) is 0 Å². The first-order valence-corrected chi connectivity index (χ1v) is 8.58. The summed E-state index contributed by atoms with van der Waals surface area (Å²) in [5, 5.41) is 0.